The van der Waals surface area contributed by atoms with E-state index in [1.807, 2.05) is 23.1 Å². The molecule has 1 amide bonds. The molecule has 1 aliphatic heterocycles. The van der Waals surface area contributed by atoms with E-state index in [1.165, 1.54) is 54.2 Å². The van der Waals surface area contributed by atoms with Gasteiger partial charge in [-0.25, -0.2) is 9.78 Å². The van der Waals surface area contributed by atoms with E-state index in [0.29, 0.717) is 34.7 Å². The zero-order valence-corrected chi connectivity index (χ0v) is 21.3. The summed E-state index contributed by atoms with van der Waals surface area (Å²) in [6.45, 7) is 3.26. The smallest absolute Gasteiger partial charge is 0.355 e. The molecule has 0 aliphatic carbocycles. The lowest BCUT2D eigenvalue weighted by atomic mass is 10.0. The van der Waals surface area contributed by atoms with Crippen LogP contribution in [0.15, 0.2) is 27.9 Å². The minimum atomic E-state index is -1.02. The van der Waals surface area contributed by atoms with E-state index in [9.17, 15) is 9.59 Å². The van der Waals surface area contributed by atoms with Crippen molar-refractivity contribution in [1.29, 1.82) is 0 Å². The van der Waals surface area contributed by atoms with E-state index in [4.69, 9.17) is 21.4 Å². The van der Waals surface area contributed by atoms with E-state index >= 15 is 0 Å². The highest BCUT2D eigenvalue weighted by Crippen LogP contribution is 2.28. The summed E-state index contributed by atoms with van der Waals surface area (Å²) in [7, 11) is 0. The minimum Gasteiger partial charge on any atom is -0.491 e. The summed E-state index contributed by atoms with van der Waals surface area (Å²) >= 11 is 9.02. The fraction of sp³-hybridized carbons (Fsp3) is 0.542. The summed E-state index contributed by atoms with van der Waals surface area (Å²) in [4.78, 5) is 29.4. The van der Waals surface area contributed by atoms with Crippen LogP contribution >= 0.6 is 34.7 Å². The summed E-state index contributed by atoms with van der Waals surface area (Å²) in [5.74, 6) is 0.639. The molecule has 1 saturated heterocycles. The molecule has 2 aromatic rings. The van der Waals surface area contributed by atoms with Gasteiger partial charge in [-0.1, -0.05) is 56.0 Å². The molecule has 1 N–H and O–H groups in total. The van der Waals surface area contributed by atoms with Crippen LogP contribution in [0.3, 0.4) is 0 Å². The van der Waals surface area contributed by atoms with Gasteiger partial charge in [-0.2, -0.15) is 0 Å². The molecule has 9 heteroatoms. The Bertz CT molecular complexity index is 937. The molecule has 0 saturated carbocycles. The number of carboxylic acids is 1. The van der Waals surface area contributed by atoms with Crippen molar-refractivity contribution in [3.63, 3.8) is 0 Å². The lowest BCUT2D eigenvalue weighted by molar-refractivity contribution is -0.129. The van der Waals surface area contributed by atoms with E-state index in [2.05, 4.69) is 11.9 Å². The number of aromatic nitrogens is 1. The quantitative estimate of drug-likeness (QED) is 0.242. The molecule has 1 fully saturated rings. The fourth-order valence-electron chi connectivity index (χ4n) is 3.92. The number of benzene rings is 1. The van der Waals surface area contributed by atoms with E-state index in [1.54, 1.807) is 0 Å². The second kappa shape index (κ2) is 13.2. The van der Waals surface area contributed by atoms with Crippen LogP contribution in [0.1, 0.15) is 67.9 Å². The van der Waals surface area contributed by atoms with Crippen molar-refractivity contribution in [3.8, 4) is 5.75 Å². The van der Waals surface area contributed by atoms with Crippen LogP contribution in [0.2, 0.25) is 5.02 Å². The first-order valence-electron chi connectivity index (χ1n) is 11.5. The number of amides is 1. The third-order valence-corrected chi connectivity index (χ3v) is 7.95. The first-order valence-corrected chi connectivity index (χ1v) is 13.7. The van der Waals surface area contributed by atoms with E-state index in [0.717, 1.165) is 30.6 Å². The Hall–Kier alpha value is -1.77. The molecule has 1 aromatic carbocycles. The monoisotopic (exact) mass is 510 g/mol. The number of ether oxygens (including phenoxy) is 1. The van der Waals surface area contributed by atoms with Crippen molar-refractivity contribution in [2.24, 2.45) is 0 Å². The molecule has 1 aliphatic rings. The number of unbranched alkanes of at least 4 members (excludes halogenated alkanes) is 4. The van der Waals surface area contributed by atoms with Crippen molar-refractivity contribution in [2.45, 2.75) is 68.7 Å². The van der Waals surface area contributed by atoms with Crippen LogP contribution in [0.4, 0.5) is 0 Å². The van der Waals surface area contributed by atoms with Gasteiger partial charge in [0, 0.05) is 29.1 Å². The van der Waals surface area contributed by atoms with Gasteiger partial charge >= 0.3 is 5.97 Å². The lowest BCUT2D eigenvalue weighted by Crippen LogP contribution is -2.38. The molecule has 1 aromatic heterocycles. The Morgan fingerprint density at radius 2 is 2.15 bits per heavy atom. The maximum atomic E-state index is 12.4. The van der Waals surface area contributed by atoms with Gasteiger partial charge < -0.3 is 14.7 Å². The van der Waals surface area contributed by atoms with Gasteiger partial charge in [-0.15, -0.1) is 11.3 Å². The molecule has 0 bridgehead atoms. The van der Waals surface area contributed by atoms with Crippen LogP contribution in [0.25, 0.3) is 0 Å². The molecular weight excluding hydrogens is 480 g/mol. The number of hydrogen-bond donors (Lipinski definition) is 1. The number of aryl methyl sites for hydroxylation is 1. The average Bonchev–Trinajstić information content (AvgIpc) is 3.40. The van der Waals surface area contributed by atoms with Gasteiger partial charge in [0.1, 0.15) is 12.4 Å². The van der Waals surface area contributed by atoms with Crippen molar-refractivity contribution < 1.29 is 19.4 Å². The summed E-state index contributed by atoms with van der Waals surface area (Å²) < 4.78 is 6.90. The lowest BCUT2D eigenvalue weighted by Gasteiger charge is -2.25. The van der Waals surface area contributed by atoms with Crippen LogP contribution in [0.5, 0.6) is 5.75 Å². The fourth-order valence-corrected chi connectivity index (χ4v) is 5.92. The van der Waals surface area contributed by atoms with Crippen LogP contribution in [0, 0.1) is 0 Å². The first-order chi connectivity index (χ1) is 16.0. The summed E-state index contributed by atoms with van der Waals surface area (Å²) in [6, 6.07) is 5.82. The van der Waals surface area contributed by atoms with Crippen molar-refractivity contribution in [3.05, 3.63) is 39.9 Å². The number of carbonyl (C=O) groups is 2. The predicted molar refractivity (Wildman–Crippen MR) is 134 cm³/mol. The molecule has 1 atom stereocenters. The number of rotatable bonds is 14. The van der Waals surface area contributed by atoms with Gasteiger partial charge in [0.05, 0.1) is 6.04 Å². The standard InChI is InChI=1S/C24H31ClN2O4S2/c1-2-3-4-5-6-7-17-14-18(25)8-10-21(17)31-15-19-9-11-22(28)27(19)12-13-32-24-26-20(16-33-24)23(29)30/h8,10,14,16,19H,2-7,9,11-13,15H2,1H3,(H,29,30)/t19-/m1/s1. The zero-order chi connectivity index (χ0) is 23.6. The molecule has 33 heavy (non-hydrogen) atoms. The minimum absolute atomic E-state index is 0.0389. The molecule has 0 unspecified atom stereocenters. The highest BCUT2D eigenvalue weighted by Gasteiger charge is 2.31. The Morgan fingerprint density at radius 1 is 1.33 bits per heavy atom. The topological polar surface area (TPSA) is 79.7 Å². The van der Waals surface area contributed by atoms with Crippen LogP contribution in [-0.2, 0) is 11.2 Å². The molecule has 180 valence electrons. The molecule has 2 heterocycles. The molecule has 0 spiro atoms. The largest absolute Gasteiger partial charge is 0.491 e. The molecular formula is C24H31ClN2O4S2. The third kappa shape index (κ3) is 7.90. The van der Waals surface area contributed by atoms with Crippen LogP contribution in [-0.4, -0.2) is 51.8 Å². The molecule has 3 rings (SSSR count). The number of halogens is 1. The Kier molecular flexibility index (Phi) is 10.3. The SMILES string of the molecule is CCCCCCCc1cc(Cl)ccc1OC[C@H]1CCC(=O)N1CCSc1nc(C(=O)O)cs1. The van der Waals surface area contributed by atoms with Gasteiger partial charge in [-0.3, -0.25) is 4.79 Å². The Balaban J connectivity index is 1.51. The summed E-state index contributed by atoms with van der Waals surface area (Å²) in [5, 5.41) is 11.3. The van der Waals surface area contributed by atoms with Crippen LogP contribution < -0.4 is 4.74 Å². The van der Waals surface area contributed by atoms with Crippen molar-refractivity contribution in [2.75, 3.05) is 18.9 Å². The summed E-state index contributed by atoms with van der Waals surface area (Å²) in [5.41, 5.74) is 1.19. The molecule has 0 radical (unpaired) electrons. The summed E-state index contributed by atoms with van der Waals surface area (Å²) in [6.07, 6.45) is 8.32. The second-order valence-electron chi connectivity index (χ2n) is 8.16. The number of thioether (sulfide) groups is 1. The third-order valence-electron chi connectivity index (χ3n) is 5.72. The van der Waals surface area contributed by atoms with Gasteiger partial charge in [-0.05, 0) is 43.0 Å². The van der Waals surface area contributed by atoms with E-state index in [-0.39, 0.29) is 17.6 Å². The highest BCUT2D eigenvalue weighted by atomic mass is 35.5. The van der Waals surface area contributed by atoms with Gasteiger partial charge in [0.15, 0.2) is 10.0 Å². The maximum Gasteiger partial charge on any atom is 0.355 e. The molecule has 6 nitrogen and oxygen atoms in total. The number of aromatic carboxylic acids is 1. The average molecular weight is 511 g/mol. The van der Waals surface area contributed by atoms with Crippen molar-refractivity contribution in [1.82, 2.24) is 9.88 Å². The predicted octanol–water partition coefficient (Wildman–Crippen LogP) is 6.17. The zero-order valence-electron chi connectivity index (χ0n) is 18.9. The number of carbonyl (C=O) groups excluding carboxylic acids is 1. The van der Waals surface area contributed by atoms with Gasteiger partial charge in [0.25, 0.3) is 0 Å². The Morgan fingerprint density at radius 3 is 2.91 bits per heavy atom. The number of nitrogens with zero attached hydrogens (tertiary/aromatic N) is 2. The van der Waals surface area contributed by atoms with Crippen molar-refractivity contribution >= 4 is 46.6 Å². The number of likely N-dealkylation sites (tertiary alicyclic amines) is 1. The highest BCUT2D eigenvalue weighted by molar-refractivity contribution is 8.01. The normalized spacial score (nSPS) is 15.9. The van der Waals surface area contributed by atoms with E-state index < -0.39 is 5.97 Å². The second-order valence-corrected chi connectivity index (χ2v) is 10.8. The first kappa shape index (κ1) is 25.8. The number of hydrogen-bond acceptors (Lipinski definition) is 6. The number of thiazole rings is 1. The maximum absolute atomic E-state index is 12.4. The van der Waals surface area contributed by atoms with Gasteiger partial charge in [0.2, 0.25) is 5.91 Å². The Labute approximate surface area is 208 Å². The number of carboxylic acid groups (broad SMARTS) is 1.